The third-order valence-corrected chi connectivity index (χ3v) is 18.3. The molecule has 99 heavy (non-hydrogen) atoms. The van der Waals surface area contributed by atoms with Crippen molar-refractivity contribution in [2.75, 3.05) is 61.2 Å². The molecular formula is C72H120N12O15. The number of nitrogens with zero attached hydrogens (tertiary/aromatic N) is 7. The molecule has 1 aliphatic rings. The van der Waals surface area contributed by atoms with Crippen molar-refractivity contribution in [3.8, 4) is 0 Å². The average molecular weight is 1390 g/mol. The maximum atomic E-state index is 15.5. The summed E-state index contributed by atoms with van der Waals surface area (Å²) in [5.74, 6) is -12.1. The van der Waals surface area contributed by atoms with Crippen LogP contribution in [0.3, 0.4) is 0 Å². The van der Waals surface area contributed by atoms with Gasteiger partial charge in [0.05, 0.1) is 19.1 Å². The van der Waals surface area contributed by atoms with E-state index >= 15 is 19.2 Å². The van der Waals surface area contributed by atoms with Crippen molar-refractivity contribution in [1.29, 1.82) is 0 Å². The molecular weight excluding hydrogens is 1270 g/mol. The van der Waals surface area contributed by atoms with Gasteiger partial charge in [0.1, 0.15) is 60.4 Å². The van der Waals surface area contributed by atoms with Crippen molar-refractivity contribution in [3.63, 3.8) is 0 Å². The predicted octanol–water partition coefficient (Wildman–Crippen LogP) is 4.60. The van der Waals surface area contributed by atoms with E-state index in [1.807, 2.05) is 68.4 Å². The van der Waals surface area contributed by atoms with E-state index in [4.69, 9.17) is 5.11 Å². The molecule has 2 rings (SSSR count). The number of aliphatic hydroxyl groups is 1. The van der Waals surface area contributed by atoms with Gasteiger partial charge in [-0.1, -0.05) is 115 Å². The number of allylic oxidation sites excluding steroid dienone is 2. The summed E-state index contributed by atoms with van der Waals surface area (Å²) in [6, 6.07) is -6.09. The van der Waals surface area contributed by atoms with Gasteiger partial charge in [-0.3, -0.25) is 62.3 Å². The lowest BCUT2D eigenvalue weighted by molar-refractivity contribution is -0.157. The Hall–Kier alpha value is -7.97. The number of aliphatic carboxylic acids is 1. The molecule has 1 aromatic rings. The Kier molecular flexibility index (Phi) is 35.0. The first-order valence-corrected chi connectivity index (χ1v) is 34.9. The van der Waals surface area contributed by atoms with Gasteiger partial charge in [0, 0.05) is 61.4 Å². The molecule has 1 heterocycles. The van der Waals surface area contributed by atoms with Crippen LogP contribution in [0.25, 0.3) is 5.57 Å². The normalized spacial score (nSPS) is 24.7. The molecule has 0 bridgehead atoms. The third-order valence-electron chi connectivity index (χ3n) is 18.3. The molecule has 0 aliphatic carbocycles. The Morgan fingerprint density at radius 3 is 1.43 bits per heavy atom. The number of rotatable bonds is 20. The van der Waals surface area contributed by atoms with Gasteiger partial charge in [0.25, 0.3) is 0 Å². The van der Waals surface area contributed by atoms with Crippen LogP contribution in [0.15, 0.2) is 30.3 Å². The highest BCUT2D eigenvalue weighted by atomic mass is 16.4. The zero-order valence-corrected chi connectivity index (χ0v) is 63.5. The van der Waals surface area contributed by atoms with Crippen LogP contribution >= 0.6 is 0 Å². The Balaban J connectivity index is 3.00. The first-order chi connectivity index (χ1) is 45.8. The molecule has 12 amide bonds. The highest BCUT2D eigenvalue weighted by Gasteiger charge is 2.46. The van der Waals surface area contributed by atoms with E-state index in [1.165, 1.54) is 87.7 Å². The standard InChI is InChI=1S/C72H120N12O15/c1-25-51-68(95)78(18)38-57(86)79(19)52(34-39(2)3)65(92)77-59(43(10)11)71(98)80(20)53(35-40(4)5)64(91)73-47(16)63(90)74-48(17)67(94)81(21)54(36-41(6)7)69(96)82(22)55(37-42(8)9)70(97)83(23)60(44(12)13)72(99)84(24)61(66(93)76-51)62(89)46(15)27-26-45(14)49-28-30-50(31-29-49)75-56(85)32-33-58(87)88/h26,28-31,39-44,46-48,51-55,59-62,89H,25,27,32-38H2,1-24H3,(H,73,91)(H,74,90)(H,75,85)(H,76,93)(H,77,92)(H,87,88)/b45-26-/t46-,47+,48+,51+,52+,53+,54+,55+,59+,60+,61?,62-/m1/s1. The van der Waals surface area contributed by atoms with Gasteiger partial charge < -0.3 is 71.1 Å². The number of hydrogen-bond donors (Lipinski definition) is 7. The molecule has 1 aromatic carbocycles. The molecule has 558 valence electrons. The molecule has 27 heteroatoms. The molecule has 0 spiro atoms. The summed E-state index contributed by atoms with van der Waals surface area (Å²) in [7, 11) is 9.76. The lowest BCUT2D eigenvalue weighted by Gasteiger charge is -2.41. The van der Waals surface area contributed by atoms with E-state index in [0.717, 1.165) is 20.9 Å². The summed E-state index contributed by atoms with van der Waals surface area (Å²) in [6.07, 6.45) is 0.203. The number of carbonyl (C=O) groups is 13. The molecule has 1 saturated heterocycles. The van der Waals surface area contributed by atoms with Crippen LogP contribution in [0.1, 0.15) is 175 Å². The number of likely N-dealkylation sites (N-methyl/N-ethyl adjacent to an activating group) is 7. The van der Waals surface area contributed by atoms with E-state index in [1.54, 1.807) is 65.8 Å². The number of carboxylic acids is 1. The molecule has 0 radical (unpaired) electrons. The van der Waals surface area contributed by atoms with Crippen LogP contribution in [0, 0.1) is 41.4 Å². The third kappa shape index (κ3) is 25.3. The maximum absolute atomic E-state index is 15.5. The van der Waals surface area contributed by atoms with Crippen molar-refractivity contribution < 1.29 is 72.5 Å². The Morgan fingerprint density at radius 2 is 0.960 bits per heavy atom. The first-order valence-electron chi connectivity index (χ1n) is 34.9. The number of anilines is 1. The highest BCUT2D eigenvalue weighted by Crippen LogP contribution is 2.27. The number of aliphatic hydroxyl groups excluding tert-OH is 1. The van der Waals surface area contributed by atoms with E-state index in [0.29, 0.717) is 5.69 Å². The number of carbonyl (C=O) groups excluding carboxylic acids is 12. The SMILES string of the molecule is CC[C@@H]1NC(=O)C([C@H](O)[C@H](C)C/C=C(/C)c2ccc(NC(=O)CCC(=O)O)cc2)N(C)C(=O)[C@H](C(C)C)N(C)C(=O)[C@H](CC(C)C)N(C)C(=O)[C@H](CC(C)C)N(C)C(=O)[C@H](C)NC(=O)[C@H](C)NC(=O)[C@H](CC(C)C)N(C)C(=O)[C@H](C(C)C)NC(=O)[C@H](CC(C)C)N(C)C(=O)CN(C)C1=O. The van der Waals surface area contributed by atoms with Crippen LogP contribution < -0.4 is 26.6 Å². The number of benzene rings is 1. The van der Waals surface area contributed by atoms with Gasteiger partial charge in [0.15, 0.2) is 0 Å². The predicted molar refractivity (Wildman–Crippen MR) is 379 cm³/mol. The molecule has 1 unspecified atom stereocenters. The summed E-state index contributed by atoms with van der Waals surface area (Å²) in [5.41, 5.74) is 1.91. The van der Waals surface area contributed by atoms with Gasteiger partial charge in [0.2, 0.25) is 70.9 Å². The fraction of sp³-hybridized carbons (Fsp3) is 0.708. The second-order valence-corrected chi connectivity index (χ2v) is 29.4. The van der Waals surface area contributed by atoms with Gasteiger partial charge in [-0.25, -0.2) is 0 Å². The van der Waals surface area contributed by atoms with Gasteiger partial charge in [-0.05, 0) is 124 Å². The maximum Gasteiger partial charge on any atom is 0.303 e. The van der Waals surface area contributed by atoms with Gasteiger partial charge in [-0.15, -0.1) is 0 Å². The molecule has 0 saturated carbocycles. The molecule has 12 atom stereocenters. The molecule has 1 aliphatic heterocycles. The van der Waals surface area contributed by atoms with E-state index in [-0.39, 0.29) is 75.0 Å². The minimum atomic E-state index is -1.74. The lowest BCUT2D eigenvalue weighted by Crippen LogP contribution is -2.63. The van der Waals surface area contributed by atoms with Gasteiger partial charge in [-0.2, -0.15) is 0 Å². The Labute approximate surface area is 588 Å². The second-order valence-electron chi connectivity index (χ2n) is 29.4. The smallest absolute Gasteiger partial charge is 0.303 e. The van der Waals surface area contributed by atoms with E-state index < -0.39 is 168 Å². The average Bonchev–Trinajstić information content (AvgIpc) is 0.805. The molecule has 1 fully saturated rings. The van der Waals surface area contributed by atoms with Gasteiger partial charge >= 0.3 is 5.97 Å². The second kappa shape index (κ2) is 39.7. The van der Waals surface area contributed by atoms with Crippen molar-refractivity contribution in [2.24, 2.45) is 41.4 Å². The molecule has 27 nitrogen and oxygen atoms in total. The van der Waals surface area contributed by atoms with Crippen LogP contribution in [0.2, 0.25) is 0 Å². The fourth-order valence-corrected chi connectivity index (χ4v) is 12.1. The highest BCUT2D eigenvalue weighted by molar-refractivity contribution is 6.00. The van der Waals surface area contributed by atoms with Crippen LogP contribution in [0.5, 0.6) is 0 Å². The number of nitrogens with one attached hydrogen (secondary N) is 5. The quantitative estimate of drug-likeness (QED) is 0.0938. The number of carboxylic acid groups (broad SMARTS) is 1. The molecule has 0 aromatic heterocycles. The summed E-state index contributed by atoms with van der Waals surface area (Å²) < 4.78 is 0. The van der Waals surface area contributed by atoms with Crippen molar-refractivity contribution in [2.45, 2.75) is 236 Å². The largest absolute Gasteiger partial charge is 0.481 e. The summed E-state index contributed by atoms with van der Waals surface area (Å²) in [5, 5.41) is 35.2. The number of hydrogen-bond acceptors (Lipinski definition) is 14. The van der Waals surface area contributed by atoms with Crippen molar-refractivity contribution in [3.05, 3.63) is 35.9 Å². The van der Waals surface area contributed by atoms with Crippen molar-refractivity contribution in [1.82, 2.24) is 55.6 Å². The zero-order chi connectivity index (χ0) is 76.1. The minimum absolute atomic E-state index is 0.0385. The summed E-state index contributed by atoms with van der Waals surface area (Å²) in [6.45, 7) is 29.0. The van der Waals surface area contributed by atoms with E-state index in [2.05, 4.69) is 26.6 Å². The Morgan fingerprint density at radius 1 is 0.515 bits per heavy atom. The zero-order valence-electron chi connectivity index (χ0n) is 63.5. The molecule has 7 N–H and O–H groups in total. The van der Waals surface area contributed by atoms with Crippen LogP contribution in [0.4, 0.5) is 5.69 Å². The minimum Gasteiger partial charge on any atom is -0.481 e. The first kappa shape index (κ1) is 87.1. The summed E-state index contributed by atoms with van der Waals surface area (Å²) in [4.78, 5) is 194. The monoisotopic (exact) mass is 1390 g/mol. The van der Waals surface area contributed by atoms with Crippen molar-refractivity contribution >= 4 is 88.1 Å². The van der Waals surface area contributed by atoms with Crippen LogP contribution in [-0.2, 0) is 62.3 Å². The lowest BCUT2D eigenvalue weighted by atomic mass is 9.90. The summed E-state index contributed by atoms with van der Waals surface area (Å²) >= 11 is 0. The Bertz CT molecular complexity index is 3010. The van der Waals surface area contributed by atoms with Crippen LogP contribution in [-0.4, -0.2) is 244 Å². The van der Waals surface area contributed by atoms with E-state index in [9.17, 15) is 48.3 Å². The number of amides is 12. The topological polar surface area (TPSA) is 345 Å². The fourth-order valence-electron chi connectivity index (χ4n) is 12.1.